The molecule has 90 valence electrons. The van der Waals surface area contributed by atoms with Gasteiger partial charge in [0, 0.05) is 4.47 Å². The minimum Gasteiger partial charge on any atom is -0.384 e. The molecule has 0 bridgehead atoms. The van der Waals surface area contributed by atoms with E-state index < -0.39 is 6.10 Å². The van der Waals surface area contributed by atoms with E-state index >= 15 is 0 Å². The van der Waals surface area contributed by atoms with Gasteiger partial charge in [-0.2, -0.15) is 0 Å². The molecular weight excluding hydrogens is 288 g/mol. The molecule has 1 unspecified atom stereocenters. The average Bonchev–Trinajstić information content (AvgIpc) is 2.70. The van der Waals surface area contributed by atoms with Crippen LogP contribution in [0.15, 0.2) is 58.6 Å². The first kappa shape index (κ1) is 11.7. The van der Waals surface area contributed by atoms with Gasteiger partial charge in [-0.25, -0.2) is 0 Å². The Hall–Kier alpha value is -1.38. The van der Waals surface area contributed by atoms with Crippen molar-refractivity contribution in [3.05, 3.63) is 75.3 Å². The molecule has 0 saturated heterocycles. The average molecular weight is 301 g/mol. The fraction of sp³-hybridized carbons (Fsp3) is 0.125. The van der Waals surface area contributed by atoms with Crippen molar-refractivity contribution in [2.75, 3.05) is 0 Å². The van der Waals surface area contributed by atoms with Crippen molar-refractivity contribution in [2.45, 2.75) is 12.5 Å². The van der Waals surface area contributed by atoms with Gasteiger partial charge in [0.25, 0.3) is 0 Å². The van der Waals surface area contributed by atoms with Crippen LogP contribution in [0.1, 0.15) is 22.8 Å². The van der Waals surface area contributed by atoms with E-state index in [9.17, 15) is 5.11 Å². The van der Waals surface area contributed by atoms with E-state index in [1.54, 1.807) is 0 Å². The van der Waals surface area contributed by atoms with Crippen molar-refractivity contribution in [1.82, 2.24) is 0 Å². The number of aliphatic hydroxyl groups is 1. The lowest BCUT2D eigenvalue weighted by Gasteiger charge is -2.05. The lowest BCUT2D eigenvalue weighted by Crippen LogP contribution is -1.93. The van der Waals surface area contributed by atoms with Gasteiger partial charge in [0.15, 0.2) is 0 Å². The monoisotopic (exact) mass is 300 g/mol. The molecule has 1 aliphatic rings. The normalized spacial score (nSPS) is 20.1. The van der Waals surface area contributed by atoms with Crippen LogP contribution in [0.3, 0.4) is 0 Å². The van der Waals surface area contributed by atoms with Crippen molar-refractivity contribution in [2.24, 2.45) is 0 Å². The molecule has 1 N–H and O–H groups in total. The Balaban J connectivity index is 1.94. The van der Waals surface area contributed by atoms with Gasteiger partial charge in [0.1, 0.15) is 6.10 Å². The fourth-order valence-corrected chi connectivity index (χ4v) is 2.65. The van der Waals surface area contributed by atoms with E-state index in [2.05, 4.69) is 28.1 Å². The molecule has 0 aromatic heterocycles. The van der Waals surface area contributed by atoms with Crippen molar-refractivity contribution in [3.8, 4) is 0 Å². The van der Waals surface area contributed by atoms with E-state index in [1.807, 2.05) is 42.5 Å². The smallest absolute Gasteiger partial charge is 0.101 e. The zero-order valence-electron chi connectivity index (χ0n) is 9.81. The van der Waals surface area contributed by atoms with Crippen LogP contribution in [0.2, 0.25) is 0 Å². The zero-order valence-corrected chi connectivity index (χ0v) is 11.4. The van der Waals surface area contributed by atoms with Crippen LogP contribution in [-0.2, 0) is 6.42 Å². The molecule has 2 aromatic carbocycles. The molecule has 0 heterocycles. The minimum absolute atomic E-state index is 0.454. The van der Waals surface area contributed by atoms with Crippen LogP contribution < -0.4 is 0 Å². The Kier molecular flexibility index (Phi) is 3.06. The molecule has 0 saturated carbocycles. The molecule has 3 rings (SSSR count). The molecule has 0 spiro atoms. The Morgan fingerprint density at radius 3 is 2.50 bits per heavy atom. The maximum absolute atomic E-state index is 10.3. The van der Waals surface area contributed by atoms with Crippen LogP contribution in [-0.4, -0.2) is 5.11 Å². The second-order valence-electron chi connectivity index (χ2n) is 4.55. The summed E-state index contributed by atoms with van der Waals surface area (Å²) in [6.07, 6.45) is 2.47. The standard InChI is InChI=1S/C16H13BrO/c17-14-7-5-11(6-8-14)9-13-10-12-3-1-2-4-15(12)16(13)18/h1-9,16,18H,10H2. The van der Waals surface area contributed by atoms with Gasteiger partial charge in [0.05, 0.1) is 0 Å². The lowest BCUT2D eigenvalue weighted by atomic mass is 10.1. The predicted molar refractivity (Wildman–Crippen MR) is 77.2 cm³/mol. The first-order chi connectivity index (χ1) is 8.74. The van der Waals surface area contributed by atoms with Gasteiger partial charge in [-0.15, -0.1) is 0 Å². The molecule has 2 aromatic rings. The molecule has 1 nitrogen and oxygen atoms in total. The minimum atomic E-state index is -0.454. The molecule has 0 radical (unpaired) electrons. The Morgan fingerprint density at radius 2 is 1.78 bits per heavy atom. The Morgan fingerprint density at radius 1 is 1.06 bits per heavy atom. The van der Waals surface area contributed by atoms with Gasteiger partial charge >= 0.3 is 0 Å². The highest BCUT2D eigenvalue weighted by molar-refractivity contribution is 9.10. The third kappa shape index (κ3) is 2.14. The maximum atomic E-state index is 10.3. The number of hydrogen-bond donors (Lipinski definition) is 1. The quantitative estimate of drug-likeness (QED) is 0.840. The highest BCUT2D eigenvalue weighted by Crippen LogP contribution is 2.36. The van der Waals surface area contributed by atoms with Gasteiger partial charge in [-0.3, -0.25) is 0 Å². The summed E-state index contributed by atoms with van der Waals surface area (Å²) in [5.41, 5.74) is 4.47. The summed E-state index contributed by atoms with van der Waals surface area (Å²) in [5.74, 6) is 0. The molecule has 1 aliphatic carbocycles. The summed E-state index contributed by atoms with van der Waals surface area (Å²) >= 11 is 3.42. The van der Waals surface area contributed by atoms with E-state index in [0.717, 1.165) is 27.6 Å². The van der Waals surface area contributed by atoms with Crippen molar-refractivity contribution in [3.63, 3.8) is 0 Å². The van der Waals surface area contributed by atoms with E-state index in [-0.39, 0.29) is 0 Å². The third-order valence-corrected chi connectivity index (χ3v) is 3.85. The summed E-state index contributed by atoms with van der Waals surface area (Å²) in [7, 11) is 0. The van der Waals surface area contributed by atoms with Gasteiger partial charge in [-0.05, 0) is 40.8 Å². The summed E-state index contributed by atoms with van der Waals surface area (Å²) < 4.78 is 1.07. The summed E-state index contributed by atoms with van der Waals surface area (Å²) in [4.78, 5) is 0. The number of aliphatic hydroxyl groups excluding tert-OH is 1. The number of rotatable bonds is 1. The van der Waals surface area contributed by atoms with Crippen LogP contribution in [0.25, 0.3) is 6.08 Å². The van der Waals surface area contributed by atoms with Crippen LogP contribution in [0.5, 0.6) is 0 Å². The molecule has 0 aliphatic heterocycles. The number of hydrogen-bond acceptors (Lipinski definition) is 1. The van der Waals surface area contributed by atoms with Gasteiger partial charge in [0.2, 0.25) is 0 Å². The van der Waals surface area contributed by atoms with Gasteiger partial charge in [-0.1, -0.05) is 58.4 Å². The maximum Gasteiger partial charge on any atom is 0.101 e. The summed E-state index contributed by atoms with van der Waals surface area (Å²) in [6, 6.07) is 16.2. The molecule has 18 heavy (non-hydrogen) atoms. The number of fused-ring (bicyclic) bond motifs is 1. The lowest BCUT2D eigenvalue weighted by molar-refractivity contribution is 0.222. The topological polar surface area (TPSA) is 20.2 Å². The summed E-state index contributed by atoms with van der Waals surface area (Å²) in [5, 5.41) is 10.3. The summed E-state index contributed by atoms with van der Waals surface area (Å²) in [6.45, 7) is 0. The first-order valence-corrected chi connectivity index (χ1v) is 6.75. The third-order valence-electron chi connectivity index (χ3n) is 3.32. The predicted octanol–water partition coefficient (Wildman–Crippen LogP) is 4.12. The SMILES string of the molecule is OC1C(=Cc2ccc(Br)cc2)Cc2ccccc21. The Bertz CT molecular complexity index is 599. The van der Waals surface area contributed by atoms with Crippen molar-refractivity contribution in [1.29, 1.82) is 0 Å². The highest BCUT2D eigenvalue weighted by atomic mass is 79.9. The first-order valence-electron chi connectivity index (χ1n) is 5.96. The van der Waals surface area contributed by atoms with Crippen LogP contribution in [0, 0.1) is 0 Å². The largest absolute Gasteiger partial charge is 0.384 e. The Labute approximate surface area is 115 Å². The van der Waals surface area contributed by atoms with E-state index in [0.29, 0.717) is 0 Å². The van der Waals surface area contributed by atoms with E-state index in [1.165, 1.54) is 5.56 Å². The number of benzene rings is 2. The molecule has 2 heteroatoms. The molecule has 0 fully saturated rings. The molecule has 1 atom stereocenters. The second kappa shape index (κ2) is 4.71. The van der Waals surface area contributed by atoms with Crippen molar-refractivity contribution >= 4 is 22.0 Å². The second-order valence-corrected chi connectivity index (χ2v) is 5.46. The van der Waals surface area contributed by atoms with Gasteiger partial charge < -0.3 is 5.11 Å². The number of halogens is 1. The van der Waals surface area contributed by atoms with Crippen LogP contribution in [0.4, 0.5) is 0 Å². The van der Waals surface area contributed by atoms with E-state index in [4.69, 9.17) is 0 Å². The van der Waals surface area contributed by atoms with Crippen LogP contribution >= 0.6 is 15.9 Å². The molecular formula is C16H13BrO. The highest BCUT2D eigenvalue weighted by Gasteiger charge is 2.24. The van der Waals surface area contributed by atoms with Crippen molar-refractivity contribution < 1.29 is 5.11 Å². The molecule has 0 amide bonds. The zero-order chi connectivity index (χ0) is 12.5. The fourth-order valence-electron chi connectivity index (χ4n) is 2.38.